The molecule has 1 aromatic rings. The van der Waals surface area contributed by atoms with Gasteiger partial charge in [-0.3, -0.25) is 15.4 Å². The first-order valence-electron chi connectivity index (χ1n) is 10.0. The van der Waals surface area contributed by atoms with E-state index < -0.39 is 6.23 Å². The monoisotopic (exact) mass is 409 g/mol. The summed E-state index contributed by atoms with van der Waals surface area (Å²) in [5, 5.41) is 3.49. The van der Waals surface area contributed by atoms with E-state index in [0.29, 0.717) is 41.8 Å². The number of amides is 1. The van der Waals surface area contributed by atoms with Crippen molar-refractivity contribution in [2.45, 2.75) is 31.6 Å². The van der Waals surface area contributed by atoms with Crippen molar-refractivity contribution in [2.75, 3.05) is 46.0 Å². The van der Waals surface area contributed by atoms with Crippen molar-refractivity contribution in [3.8, 4) is 5.75 Å². The number of nitrogens with two attached hydrogens (primary N) is 1. The minimum Gasteiger partial charge on any atom is -0.474 e. The minimum absolute atomic E-state index is 0.0204. The van der Waals surface area contributed by atoms with Crippen molar-refractivity contribution >= 4 is 17.5 Å². The first-order chi connectivity index (χ1) is 13.6. The van der Waals surface area contributed by atoms with Crippen LogP contribution in [0.2, 0.25) is 5.02 Å². The van der Waals surface area contributed by atoms with E-state index in [1.54, 1.807) is 12.1 Å². The Morgan fingerprint density at radius 3 is 2.93 bits per heavy atom. The van der Waals surface area contributed by atoms with Crippen LogP contribution >= 0.6 is 11.6 Å². The van der Waals surface area contributed by atoms with Crippen molar-refractivity contribution in [1.82, 2.24) is 10.2 Å². The number of hydrogen-bond acceptors (Lipinski definition) is 6. The van der Waals surface area contributed by atoms with E-state index >= 15 is 0 Å². The molecule has 0 bridgehead atoms. The number of nitrogens with zero attached hydrogens (tertiary/aromatic N) is 1. The van der Waals surface area contributed by atoms with Gasteiger partial charge in [0.2, 0.25) is 0 Å². The Morgan fingerprint density at radius 1 is 1.29 bits per heavy atom. The molecular weight excluding hydrogens is 382 g/mol. The summed E-state index contributed by atoms with van der Waals surface area (Å²) >= 11 is 6.16. The molecule has 2 saturated heterocycles. The molecule has 28 heavy (non-hydrogen) atoms. The maximum atomic E-state index is 12.7. The number of carbonyl (C=O) groups is 1. The third-order valence-corrected chi connectivity index (χ3v) is 5.85. The molecule has 0 aromatic heterocycles. The van der Waals surface area contributed by atoms with E-state index in [0.717, 1.165) is 51.3 Å². The van der Waals surface area contributed by atoms with Crippen LogP contribution in [-0.2, 0) is 15.9 Å². The standard InChI is InChI=1S/C20H28ClN3O4/c21-15-7-14-8-18(22)28-19(14)17(9-15)20(25)23-10-16-12-24(3-6-27-16)11-13-1-4-26-5-2-13/h7,9,13,16,18H,1-6,8,10-12,22H2,(H,23,25). The molecule has 1 aromatic carbocycles. The molecule has 0 aliphatic carbocycles. The van der Waals surface area contributed by atoms with Crippen LogP contribution in [-0.4, -0.2) is 69.1 Å². The van der Waals surface area contributed by atoms with Crippen LogP contribution in [0.3, 0.4) is 0 Å². The molecule has 2 atom stereocenters. The van der Waals surface area contributed by atoms with Gasteiger partial charge >= 0.3 is 0 Å². The second-order valence-electron chi connectivity index (χ2n) is 7.82. The molecule has 8 heteroatoms. The van der Waals surface area contributed by atoms with E-state index in [9.17, 15) is 4.79 Å². The van der Waals surface area contributed by atoms with Gasteiger partial charge in [-0.1, -0.05) is 11.6 Å². The number of fused-ring (bicyclic) bond motifs is 1. The average molecular weight is 410 g/mol. The average Bonchev–Trinajstić information content (AvgIpc) is 3.06. The van der Waals surface area contributed by atoms with E-state index in [1.807, 2.05) is 0 Å². The predicted molar refractivity (Wildman–Crippen MR) is 106 cm³/mol. The van der Waals surface area contributed by atoms with Gasteiger partial charge in [0, 0.05) is 56.4 Å². The molecule has 0 spiro atoms. The maximum Gasteiger partial charge on any atom is 0.255 e. The Labute approximate surface area is 170 Å². The van der Waals surface area contributed by atoms with Gasteiger partial charge in [0.1, 0.15) is 5.75 Å². The molecule has 3 N–H and O–H groups in total. The largest absolute Gasteiger partial charge is 0.474 e. The van der Waals surface area contributed by atoms with Gasteiger partial charge in [0.15, 0.2) is 6.23 Å². The van der Waals surface area contributed by atoms with Crippen molar-refractivity contribution in [3.63, 3.8) is 0 Å². The zero-order valence-corrected chi connectivity index (χ0v) is 16.7. The van der Waals surface area contributed by atoms with Crippen LogP contribution in [0.1, 0.15) is 28.8 Å². The van der Waals surface area contributed by atoms with Gasteiger partial charge in [-0.05, 0) is 30.9 Å². The molecule has 2 fully saturated rings. The Balaban J connectivity index is 1.31. The second-order valence-corrected chi connectivity index (χ2v) is 8.26. The quantitative estimate of drug-likeness (QED) is 0.764. The molecule has 3 aliphatic heterocycles. The molecule has 1 amide bonds. The summed E-state index contributed by atoms with van der Waals surface area (Å²) < 4.78 is 16.9. The third kappa shape index (κ3) is 4.78. The molecule has 3 heterocycles. The molecule has 0 radical (unpaired) electrons. The zero-order chi connectivity index (χ0) is 19.5. The molecule has 2 unspecified atom stereocenters. The summed E-state index contributed by atoms with van der Waals surface area (Å²) in [4.78, 5) is 15.2. The summed E-state index contributed by atoms with van der Waals surface area (Å²) in [7, 11) is 0. The fourth-order valence-corrected chi connectivity index (χ4v) is 4.43. The highest BCUT2D eigenvalue weighted by molar-refractivity contribution is 6.31. The number of benzene rings is 1. The van der Waals surface area contributed by atoms with Gasteiger partial charge in [-0.25, -0.2) is 0 Å². The molecule has 3 aliphatic rings. The summed E-state index contributed by atoms with van der Waals surface area (Å²) in [6.07, 6.45) is 2.36. The normalized spacial score (nSPS) is 25.9. The van der Waals surface area contributed by atoms with Crippen molar-refractivity contribution in [3.05, 3.63) is 28.3 Å². The molecule has 154 valence electrons. The van der Waals surface area contributed by atoms with E-state index in [2.05, 4.69) is 10.2 Å². The highest BCUT2D eigenvalue weighted by Crippen LogP contribution is 2.34. The summed E-state index contributed by atoms with van der Waals surface area (Å²) in [6.45, 7) is 5.71. The number of halogens is 1. The lowest BCUT2D eigenvalue weighted by Crippen LogP contribution is -2.49. The molecule has 4 rings (SSSR count). The van der Waals surface area contributed by atoms with Crippen molar-refractivity contribution in [2.24, 2.45) is 11.7 Å². The maximum absolute atomic E-state index is 12.7. The number of nitrogens with one attached hydrogen (secondary N) is 1. The third-order valence-electron chi connectivity index (χ3n) is 5.64. The highest BCUT2D eigenvalue weighted by atomic mass is 35.5. The number of rotatable bonds is 5. The second kappa shape index (κ2) is 8.97. The summed E-state index contributed by atoms with van der Waals surface area (Å²) in [6, 6.07) is 3.44. The fraction of sp³-hybridized carbons (Fsp3) is 0.650. The molecule has 7 nitrogen and oxygen atoms in total. The van der Waals surface area contributed by atoms with Gasteiger partial charge in [0.25, 0.3) is 5.91 Å². The van der Waals surface area contributed by atoms with Crippen LogP contribution in [0.4, 0.5) is 0 Å². The van der Waals surface area contributed by atoms with Crippen LogP contribution in [0.25, 0.3) is 0 Å². The summed E-state index contributed by atoms with van der Waals surface area (Å²) in [5.74, 6) is 1.02. The van der Waals surface area contributed by atoms with Crippen LogP contribution in [0, 0.1) is 5.92 Å². The Morgan fingerprint density at radius 2 is 2.11 bits per heavy atom. The number of ether oxygens (including phenoxy) is 3. The van der Waals surface area contributed by atoms with E-state index in [4.69, 9.17) is 31.5 Å². The Kier molecular flexibility index (Phi) is 6.38. The first kappa shape index (κ1) is 19.9. The van der Waals surface area contributed by atoms with Crippen LogP contribution in [0.15, 0.2) is 12.1 Å². The van der Waals surface area contributed by atoms with Crippen molar-refractivity contribution < 1.29 is 19.0 Å². The predicted octanol–water partition coefficient (Wildman–Crippen LogP) is 1.42. The SMILES string of the molecule is NC1Cc2cc(Cl)cc(C(=O)NCC3CN(CC4CCOCC4)CCO3)c2O1. The van der Waals surface area contributed by atoms with E-state index in [-0.39, 0.29) is 12.0 Å². The van der Waals surface area contributed by atoms with Gasteiger partial charge < -0.3 is 19.5 Å². The highest BCUT2D eigenvalue weighted by Gasteiger charge is 2.28. The van der Waals surface area contributed by atoms with Gasteiger partial charge in [-0.15, -0.1) is 0 Å². The first-order valence-corrected chi connectivity index (χ1v) is 10.4. The lowest BCUT2D eigenvalue weighted by atomic mass is 9.99. The van der Waals surface area contributed by atoms with Gasteiger partial charge in [-0.2, -0.15) is 0 Å². The lowest BCUT2D eigenvalue weighted by molar-refractivity contribution is -0.0377. The molecule has 0 saturated carbocycles. The summed E-state index contributed by atoms with van der Waals surface area (Å²) in [5.41, 5.74) is 7.17. The van der Waals surface area contributed by atoms with Crippen molar-refractivity contribution in [1.29, 1.82) is 0 Å². The number of morpholine rings is 1. The lowest BCUT2D eigenvalue weighted by Gasteiger charge is -2.36. The van der Waals surface area contributed by atoms with E-state index in [1.165, 1.54) is 0 Å². The number of hydrogen-bond donors (Lipinski definition) is 2. The van der Waals surface area contributed by atoms with Crippen LogP contribution in [0.5, 0.6) is 5.75 Å². The van der Waals surface area contributed by atoms with Gasteiger partial charge in [0.05, 0.1) is 18.3 Å². The van der Waals surface area contributed by atoms with Crippen LogP contribution < -0.4 is 15.8 Å². The Hall–Kier alpha value is -1.38. The number of carbonyl (C=O) groups excluding carboxylic acids is 1. The molecular formula is C20H28ClN3O4. The minimum atomic E-state index is -0.430. The fourth-order valence-electron chi connectivity index (χ4n) is 4.18. The Bertz CT molecular complexity index is 711. The zero-order valence-electron chi connectivity index (χ0n) is 16.0. The smallest absolute Gasteiger partial charge is 0.255 e. The topological polar surface area (TPSA) is 86.1 Å².